The molecule has 0 saturated heterocycles. The lowest BCUT2D eigenvalue weighted by Gasteiger charge is -2.22. The van der Waals surface area contributed by atoms with Crippen molar-refractivity contribution in [2.24, 2.45) is 0 Å². The Morgan fingerprint density at radius 3 is 2.75 bits per heavy atom. The molecule has 0 bridgehead atoms. The van der Waals surface area contributed by atoms with E-state index in [1.165, 1.54) is 18.4 Å². The minimum atomic E-state index is 0.0672. The van der Waals surface area contributed by atoms with Gasteiger partial charge in [-0.15, -0.1) is 0 Å². The third-order valence-corrected chi connectivity index (χ3v) is 3.82. The van der Waals surface area contributed by atoms with Crippen LogP contribution in [-0.4, -0.2) is 11.4 Å². The summed E-state index contributed by atoms with van der Waals surface area (Å²) < 4.78 is 6.08. The summed E-state index contributed by atoms with van der Waals surface area (Å²) in [5, 5.41) is 0. The summed E-state index contributed by atoms with van der Waals surface area (Å²) in [6.07, 6.45) is 5.86. The molecule has 2 heteroatoms. The molecule has 3 rings (SSSR count). The van der Waals surface area contributed by atoms with Gasteiger partial charge in [0.05, 0.1) is 0 Å². The Bertz CT molecular complexity index is 442. The van der Waals surface area contributed by atoms with Crippen LogP contribution in [-0.2, 0) is 6.42 Å². The van der Waals surface area contributed by atoms with Crippen molar-refractivity contribution in [3.05, 3.63) is 29.3 Å². The number of carbonyl (C=O) groups is 1. The molecule has 84 valence electrons. The molecule has 2 nitrogen and oxygen atoms in total. The summed E-state index contributed by atoms with van der Waals surface area (Å²) >= 11 is 0. The highest BCUT2D eigenvalue weighted by atomic mass is 16.5. The summed E-state index contributed by atoms with van der Waals surface area (Å²) in [7, 11) is 0. The minimum Gasteiger partial charge on any atom is -0.487 e. The molecule has 1 aromatic rings. The fraction of sp³-hybridized carbons (Fsp3) is 0.500. The zero-order chi connectivity index (χ0) is 11.2. The topological polar surface area (TPSA) is 26.3 Å². The first-order valence-corrected chi connectivity index (χ1v) is 6.01. The number of hydrogen-bond acceptors (Lipinski definition) is 2. The Balaban J connectivity index is 1.94. The Hall–Kier alpha value is -1.31. The molecule has 0 aromatic heterocycles. The van der Waals surface area contributed by atoms with Crippen LogP contribution < -0.4 is 4.74 Å². The van der Waals surface area contributed by atoms with E-state index in [4.69, 9.17) is 4.74 Å². The molecule has 1 aliphatic heterocycles. The first-order valence-electron chi connectivity index (χ1n) is 6.01. The Morgan fingerprint density at radius 1 is 1.31 bits per heavy atom. The van der Waals surface area contributed by atoms with Crippen LogP contribution in [0.15, 0.2) is 18.2 Å². The van der Waals surface area contributed by atoms with Gasteiger partial charge in [0.1, 0.15) is 11.4 Å². The van der Waals surface area contributed by atoms with Gasteiger partial charge in [0, 0.05) is 12.0 Å². The van der Waals surface area contributed by atoms with Crippen LogP contribution in [0.1, 0.15) is 48.5 Å². The Kier molecular flexibility index (Phi) is 2.06. The lowest BCUT2D eigenvalue weighted by atomic mass is 9.94. The zero-order valence-electron chi connectivity index (χ0n) is 9.58. The predicted molar refractivity (Wildman–Crippen MR) is 62.0 cm³/mol. The quantitative estimate of drug-likeness (QED) is 0.674. The van der Waals surface area contributed by atoms with E-state index in [0.717, 1.165) is 30.6 Å². The maximum absolute atomic E-state index is 11.3. The molecule has 0 atom stereocenters. The Morgan fingerprint density at radius 2 is 2.06 bits per heavy atom. The van der Waals surface area contributed by atoms with Gasteiger partial charge in [-0.2, -0.15) is 0 Å². The predicted octanol–water partition coefficient (Wildman–Crippen LogP) is 3.14. The van der Waals surface area contributed by atoms with Gasteiger partial charge in [-0.25, -0.2) is 0 Å². The van der Waals surface area contributed by atoms with Gasteiger partial charge in [-0.3, -0.25) is 4.79 Å². The number of ether oxygens (including phenoxy) is 1. The van der Waals surface area contributed by atoms with Gasteiger partial charge in [0.2, 0.25) is 0 Å². The molecule has 0 radical (unpaired) electrons. The normalized spacial score (nSPS) is 20.8. The van der Waals surface area contributed by atoms with E-state index in [1.54, 1.807) is 6.92 Å². The number of rotatable bonds is 1. The summed E-state index contributed by atoms with van der Waals surface area (Å²) in [6, 6.07) is 5.83. The summed E-state index contributed by atoms with van der Waals surface area (Å²) in [4.78, 5) is 11.3. The Labute approximate surface area is 95.6 Å². The van der Waals surface area contributed by atoms with Gasteiger partial charge < -0.3 is 4.74 Å². The van der Waals surface area contributed by atoms with E-state index >= 15 is 0 Å². The molecular formula is C14H16O2. The first-order chi connectivity index (χ1) is 7.69. The standard InChI is InChI=1S/C14H16O2/c1-10(15)11-4-5-13-12(8-11)9-14(16-13)6-2-3-7-14/h4-5,8H,2-3,6-7,9H2,1H3. The molecule has 1 heterocycles. The van der Waals surface area contributed by atoms with Crippen molar-refractivity contribution in [3.63, 3.8) is 0 Å². The van der Waals surface area contributed by atoms with E-state index < -0.39 is 0 Å². The second-order valence-electron chi connectivity index (χ2n) is 5.05. The molecule has 1 fully saturated rings. The molecule has 0 amide bonds. The van der Waals surface area contributed by atoms with Gasteiger partial charge in [-0.1, -0.05) is 0 Å². The molecule has 1 spiro atoms. The molecule has 16 heavy (non-hydrogen) atoms. The molecule has 0 N–H and O–H groups in total. The highest BCUT2D eigenvalue weighted by molar-refractivity contribution is 5.94. The van der Waals surface area contributed by atoms with Crippen molar-refractivity contribution < 1.29 is 9.53 Å². The number of hydrogen-bond donors (Lipinski definition) is 0. The third kappa shape index (κ3) is 1.44. The molecule has 1 saturated carbocycles. The average Bonchev–Trinajstić information content (AvgIpc) is 2.84. The average molecular weight is 216 g/mol. The summed E-state index contributed by atoms with van der Waals surface area (Å²) in [5.74, 6) is 1.13. The van der Waals surface area contributed by atoms with Crippen molar-refractivity contribution in [2.45, 2.75) is 44.6 Å². The lowest BCUT2D eigenvalue weighted by molar-refractivity contribution is 0.101. The number of fused-ring (bicyclic) bond motifs is 1. The number of carbonyl (C=O) groups excluding carboxylic acids is 1. The molecule has 1 aromatic carbocycles. The second-order valence-corrected chi connectivity index (χ2v) is 5.05. The largest absolute Gasteiger partial charge is 0.487 e. The molecule has 1 aliphatic carbocycles. The monoisotopic (exact) mass is 216 g/mol. The number of Topliss-reactive ketones (excluding diaryl/α,β-unsaturated/α-hetero) is 1. The van der Waals surface area contributed by atoms with Crippen LogP contribution in [0.5, 0.6) is 5.75 Å². The van der Waals surface area contributed by atoms with E-state index in [0.29, 0.717) is 0 Å². The van der Waals surface area contributed by atoms with Gasteiger partial charge in [-0.05, 0) is 56.4 Å². The maximum Gasteiger partial charge on any atom is 0.159 e. The van der Waals surface area contributed by atoms with Crippen LogP contribution >= 0.6 is 0 Å². The lowest BCUT2D eigenvalue weighted by Crippen LogP contribution is -2.29. The van der Waals surface area contributed by atoms with Crippen molar-refractivity contribution >= 4 is 5.78 Å². The van der Waals surface area contributed by atoms with Crippen molar-refractivity contribution in [3.8, 4) is 5.75 Å². The summed E-state index contributed by atoms with van der Waals surface area (Å²) in [5.41, 5.74) is 2.09. The van der Waals surface area contributed by atoms with Crippen molar-refractivity contribution in [1.82, 2.24) is 0 Å². The van der Waals surface area contributed by atoms with Crippen LogP contribution in [0.4, 0.5) is 0 Å². The van der Waals surface area contributed by atoms with Crippen LogP contribution in [0.3, 0.4) is 0 Å². The first kappa shape index (κ1) is 9.88. The van der Waals surface area contributed by atoms with E-state index in [2.05, 4.69) is 0 Å². The smallest absolute Gasteiger partial charge is 0.159 e. The van der Waals surface area contributed by atoms with Crippen LogP contribution in [0, 0.1) is 0 Å². The highest BCUT2D eigenvalue weighted by Gasteiger charge is 2.41. The fourth-order valence-electron chi connectivity index (χ4n) is 2.95. The SMILES string of the molecule is CC(=O)c1ccc2c(c1)CC1(CCCC1)O2. The minimum absolute atomic E-state index is 0.0672. The summed E-state index contributed by atoms with van der Waals surface area (Å²) in [6.45, 7) is 1.61. The molecule has 0 unspecified atom stereocenters. The van der Waals surface area contributed by atoms with Gasteiger partial charge in [0.25, 0.3) is 0 Å². The van der Waals surface area contributed by atoms with Crippen LogP contribution in [0.2, 0.25) is 0 Å². The molecular weight excluding hydrogens is 200 g/mol. The van der Waals surface area contributed by atoms with E-state index in [9.17, 15) is 4.79 Å². The second kappa shape index (κ2) is 3.34. The fourth-order valence-corrected chi connectivity index (χ4v) is 2.95. The molecule has 2 aliphatic rings. The third-order valence-electron chi connectivity index (χ3n) is 3.82. The zero-order valence-corrected chi connectivity index (χ0v) is 9.58. The van der Waals surface area contributed by atoms with Crippen molar-refractivity contribution in [2.75, 3.05) is 0 Å². The highest BCUT2D eigenvalue weighted by Crippen LogP contribution is 2.44. The number of benzene rings is 1. The van der Waals surface area contributed by atoms with Gasteiger partial charge in [0.15, 0.2) is 5.78 Å². The maximum atomic E-state index is 11.3. The van der Waals surface area contributed by atoms with Crippen LogP contribution in [0.25, 0.3) is 0 Å². The van der Waals surface area contributed by atoms with Crippen molar-refractivity contribution in [1.29, 1.82) is 0 Å². The van der Waals surface area contributed by atoms with E-state index in [1.807, 2.05) is 18.2 Å². The van der Waals surface area contributed by atoms with Gasteiger partial charge >= 0.3 is 0 Å². The van der Waals surface area contributed by atoms with E-state index in [-0.39, 0.29) is 11.4 Å². The number of ketones is 1.